The lowest BCUT2D eigenvalue weighted by Crippen LogP contribution is -2.54. The highest BCUT2D eigenvalue weighted by Crippen LogP contribution is 2.64. The number of amides is 1. The van der Waals surface area contributed by atoms with Gasteiger partial charge in [-0.15, -0.1) is 0 Å². The Hall–Kier alpha value is -2.11. The number of allylic oxidation sites excluding steroid dienone is 2. The summed E-state index contributed by atoms with van der Waals surface area (Å²) >= 11 is 0. The maximum atomic E-state index is 13.5. The molecule has 1 aromatic rings. The van der Waals surface area contributed by atoms with Gasteiger partial charge >= 0.3 is 6.09 Å². The molecule has 1 aromatic carbocycles. The summed E-state index contributed by atoms with van der Waals surface area (Å²) < 4.78 is 13.0. The lowest BCUT2D eigenvalue weighted by atomic mass is 9.56. The Morgan fingerprint density at radius 1 is 1.15 bits per heavy atom. The van der Waals surface area contributed by atoms with Gasteiger partial charge in [-0.2, -0.15) is 0 Å². The molecule has 41 heavy (non-hydrogen) atoms. The normalized spacial score (nSPS) is 43.5. The molecule has 0 unspecified atom stereocenters. The van der Waals surface area contributed by atoms with Crippen LogP contribution in [-0.4, -0.2) is 46.5 Å². The highest BCUT2D eigenvalue weighted by Gasteiger charge is 2.60. The molecule has 5 heteroatoms. The number of aliphatic hydroxyl groups is 1. The Kier molecular flexibility index (Phi) is 6.93. The molecule has 2 aliphatic heterocycles. The van der Waals surface area contributed by atoms with Crippen LogP contribution in [0.25, 0.3) is 0 Å². The fourth-order valence-corrected chi connectivity index (χ4v) is 10.5. The molecule has 4 fully saturated rings. The topological polar surface area (TPSA) is 59.0 Å². The van der Waals surface area contributed by atoms with Gasteiger partial charge in [0.2, 0.25) is 0 Å². The molecule has 6 aliphatic rings. The van der Waals surface area contributed by atoms with Gasteiger partial charge in [-0.25, -0.2) is 4.79 Å². The number of hydrogen-bond acceptors (Lipinski definition) is 4. The third kappa shape index (κ3) is 4.52. The van der Waals surface area contributed by atoms with Crippen LogP contribution in [0, 0.1) is 35.0 Å². The summed E-state index contributed by atoms with van der Waals surface area (Å²) in [6.45, 7) is 10.5. The van der Waals surface area contributed by atoms with Crippen molar-refractivity contribution in [2.45, 2.75) is 116 Å². The van der Waals surface area contributed by atoms with Gasteiger partial charge in [0, 0.05) is 12.5 Å². The fourth-order valence-electron chi connectivity index (χ4n) is 10.5. The molecule has 2 saturated carbocycles. The van der Waals surface area contributed by atoms with Gasteiger partial charge in [0.1, 0.15) is 6.61 Å². The molecule has 2 saturated heterocycles. The third-order valence-electron chi connectivity index (χ3n) is 12.6. The maximum absolute atomic E-state index is 13.5. The van der Waals surface area contributed by atoms with Gasteiger partial charge < -0.3 is 19.5 Å². The standard InChI is InChI=1S/C36H49NO4/c1-22-16-32-33(37(20-22)34(39)40-21-25-8-6-5-7-9-25)24(3)36(41-32)15-13-28-29-11-10-26-17-27(38)12-14-35(26,4)31(29)18-30(28)23(2)19-36/h5-10,22,24,27-29,31-33,38H,11-21H2,1-4H3/t22-,24+,27-,28-,29-,31-,32+,33-,35-,36-/m0/s1. The van der Waals surface area contributed by atoms with E-state index in [1.165, 1.54) is 18.4 Å². The lowest BCUT2D eigenvalue weighted by molar-refractivity contribution is -0.0784. The Bertz CT molecular complexity index is 1240. The Labute approximate surface area is 246 Å². The largest absolute Gasteiger partial charge is 0.445 e. The van der Waals surface area contributed by atoms with Crippen molar-refractivity contribution in [3.8, 4) is 0 Å². The number of aliphatic hydroxyl groups excluding tert-OH is 1. The minimum absolute atomic E-state index is 0.0747. The van der Waals surface area contributed by atoms with Crippen LogP contribution < -0.4 is 0 Å². The van der Waals surface area contributed by atoms with Crippen molar-refractivity contribution in [1.29, 1.82) is 0 Å². The van der Waals surface area contributed by atoms with Gasteiger partial charge in [-0.1, -0.05) is 73.9 Å². The van der Waals surface area contributed by atoms with Crippen LogP contribution >= 0.6 is 0 Å². The number of rotatable bonds is 2. The minimum atomic E-state index is -0.206. The lowest BCUT2D eigenvalue weighted by Gasteiger charge is -2.49. The summed E-state index contributed by atoms with van der Waals surface area (Å²) in [6, 6.07) is 10.1. The van der Waals surface area contributed by atoms with Gasteiger partial charge in [-0.3, -0.25) is 0 Å². The predicted octanol–water partition coefficient (Wildman–Crippen LogP) is 7.44. The SMILES string of the molecule is CC1=C2C[C@H]3[C@@H](CC=C4C[C@@H](O)CC[C@@]43C)[C@@H]2CC[C@@]2(C1)O[C@@H]1C[C@H](C)CN(C(=O)OCc3ccccc3)[C@H]1[C@H]2C. The first-order valence-electron chi connectivity index (χ1n) is 16.4. The van der Waals surface area contributed by atoms with E-state index in [1.54, 1.807) is 11.1 Å². The highest BCUT2D eigenvalue weighted by molar-refractivity contribution is 5.68. The molecule has 222 valence electrons. The van der Waals surface area contributed by atoms with E-state index >= 15 is 0 Å². The molecule has 2 heterocycles. The van der Waals surface area contributed by atoms with Gasteiger partial charge in [-0.05, 0) is 99.4 Å². The average molecular weight is 560 g/mol. The number of piperidine rings is 1. The number of benzene rings is 1. The van der Waals surface area contributed by atoms with Crippen molar-refractivity contribution in [3.63, 3.8) is 0 Å². The van der Waals surface area contributed by atoms with Crippen molar-refractivity contribution in [2.24, 2.45) is 35.0 Å². The van der Waals surface area contributed by atoms with Crippen LogP contribution in [0.2, 0.25) is 0 Å². The molecule has 0 aromatic heterocycles. The summed E-state index contributed by atoms with van der Waals surface area (Å²) in [6.07, 6.45) is 11.9. The first kappa shape index (κ1) is 27.7. The van der Waals surface area contributed by atoms with E-state index in [0.29, 0.717) is 30.3 Å². The first-order chi connectivity index (χ1) is 19.7. The Morgan fingerprint density at radius 2 is 1.95 bits per heavy atom. The van der Waals surface area contributed by atoms with Gasteiger partial charge in [0.05, 0.1) is 23.9 Å². The maximum Gasteiger partial charge on any atom is 0.410 e. The molecule has 0 radical (unpaired) electrons. The molecule has 5 nitrogen and oxygen atoms in total. The van der Waals surface area contributed by atoms with E-state index in [-0.39, 0.29) is 41.3 Å². The zero-order chi connectivity index (χ0) is 28.5. The Morgan fingerprint density at radius 3 is 2.76 bits per heavy atom. The molecule has 7 rings (SSSR count). The van der Waals surface area contributed by atoms with Gasteiger partial charge in [0.15, 0.2) is 0 Å². The number of nitrogens with zero attached hydrogens (tertiary/aromatic N) is 1. The molecule has 4 aliphatic carbocycles. The quantitative estimate of drug-likeness (QED) is 0.383. The number of likely N-dealkylation sites (tertiary alicyclic amines) is 1. The van der Waals surface area contributed by atoms with Crippen molar-refractivity contribution in [1.82, 2.24) is 4.90 Å². The number of ether oxygens (including phenoxy) is 2. The number of carbonyl (C=O) groups is 1. The van der Waals surface area contributed by atoms with Crippen molar-refractivity contribution in [3.05, 3.63) is 58.7 Å². The van der Waals surface area contributed by atoms with E-state index in [2.05, 4.69) is 33.8 Å². The van der Waals surface area contributed by atoms with E-state index < -0.39 is 0 Å². The van der Waals surface area contributed by atoms with E-state index in [9.17, 15) is 9.90 Å². The minimum Gasteiger partial charge on any atom is -0.445 e. The van der Waals surface area contributed by atoms with E-state index in [4.69, 9.17) is 9.47 Å². The zero-order valence-corrected chi connectivity index (χ0v) is 25.5. The molecule has 1 spiro atoms. The molecular weight excluding hydrogens is 510 g/mol. The van der Waals surface area contributed by atoms with Crippen LogP contribution in [0.15, 0.2) is 53.1 Å². The number of fused-ring (bicyclic) bond motifs is 6. The van der Waals surface area contributed by atoms with Crippen molar-refractivity contribution < 1.29 is 19.4 Å². The summed E-state index contributed by atoms with van der Waals surface area (Å²) in [4.78, 5) is 15.5. The smallest absolute Gasteiger partial charge is 0.410 e. The summed E-state index contributed by atoms with van der Waals surface area (Å²) in [5.41, 5.74) is 5.88. The second kappa shape index (κ2) is 10.3. The number of carbonyl (C=O) groups excluding carboxylic acids is 1. The average Bonchev–Trinajstić information content (AvgIpc) is 3.42. The second-order valence-corrected chi connectivity index (χ2v) is 14.9. The molecule has 0 bridgehead atoms. The van der Waals surface area contributed by atoms with Crippen LogP contribution in [0.4, 0.5) is 4.79 Å². The third-order valence-corrected chi connectivity index (χ3v) is 12.6. The van der Waals surface area contributed by atoms with Crippen molar-refractivity contribution >= 4 is 6.09 Å². The molecule has 1 N–H and O–H groups in total. The van der Waals surface area contributed by atoms with Crippen LogP contribution in [-0.2, 0) is 16.1 Å². The second-order valence-electron chi connectivity index (χ2n) is 14.9. The highest BCUT2D eigenvalue weighted by atomic mass is 16.6. The Balaban J connectivity index is 1.11. The zero-order valence-electron chi connectivity index (χ0n) is 25.5. The summed E-state index contributed by atoms with van der Waals surface area (Å²) in [5, 5.41) is 10.4. The number of hydrogen-bond donors (Lipinski definition) is 1. The summed E-state index contributed by atoms with van der Waals surface area (Å²) in [7, 11) is 0. The molecule has 10 atom stereocenters. The van der Waals surface area contributed by atoms with Crippen LogP contribution in [0.1, 0.15) is 91.0 Å². The van der Waals surface area contributed by atoms with Crippen LogP contribution in [0.5, 0.6) is 0 Å². The molecular formula is C36H49NO4. The first-order valence-corrected chi connectivity index (χ1v) is 16.4. The van der Waals surface area contributed by atoms with Crippen LogP contribution in [0.3, 0.4) is 0 Å². The van der Waals surface area contributed by atoms with E-state index in [0.717, 1.165) is 57.1 Å². The summed E-state index contributed by atoms with van der Waals surface area (Å²) in [5.74, 6) is 2.72. The predicted molar refractivity (Wildman–Crippen MR) is 160 cm³/mol. The fraction of sp³-hybridized carbons (Fsp3) is 0.694. The van der Waals surface area contributed by atoms with Crippen molar-refractivity contribution in [2.75, 3.05) is 6.54 Å². The van der Waals surface area contributed by atoms with Gasteiger partial charge in [0.25, 0.3) is 0 Å². The molecule has 1 amide bonds. The monoisotopic (exact) mass is 559 g/mol. The van der Waals surface area contributed by atoms with E-state index in [1.807, 2.05) is 35.2 Å².